The van der Waals surface area contributed by atoms with Crippen LogP contribution in [0.3, 0.4) is 0 Å². The number of nitrogens with zero attached hydrogens (tertiary/aromatic N) is 2. The van der Waals surface area contributed by atoms with Crippen molar-refractivity contribution in [3.05, 3.63) is 11.5 Å². The highest BCUT2D eigenvalue weighted by molar-refractivity contribution is 5.92. The quantitative estimate of drug-likeness (QED) is 0.785. The molecule has 0 amide bonds. The van der Waals surface area contributed by atoms with Gasteiger partial charge in [0.05, 0.1) is 7.11 Å². The minimum atomic E-state index is -0.463. The van der Waals surface area contributed by atoms with Crippen LogP contribution in [0.25, 0.3) is 0 Å². The van der Waals surface area contributed by atoms with Crippen molar-refractivity contribution >= 4 is 11.8 Å². The van der Waals surface area contributed by atoms with E-state index in [2.05, 4.69) is 16.6 Å². The number of anilines is 1. The van der Waals surface area contributed by atoms with Gasteiger partial charge < -0.3 is 15.0 Å². The Hall–Kier alpha value is -1.52. The molecular formula is C11H17N3O2. The molecule has 1 aromatic heterocycles. The summed E-state index contributed by atoms with van der Waals surface area (Å²) in [6, 6.07) is 0. The molecule has 0 aromatic carbocycles. The Morgan fingerprint density at radius 1 is 1.62 bits per heavy atom. The number of rotatable bonds is 3. The Bertz CT molecular complexity index is 433. The van der Waals surface area contributed by atoms with E-state index in [0.717, 1.165) is 25.1 Å². The molecule has 16 heavy (non-hydrogen) atoms. The van der Waals surface area contributed by atoms with Gasteiger partial charge in [-0.25, -0.2) is 9.78 Å². The molecule has 0 saturated heterocycles. The molecule has 1 heterocycles. The molecule has 1 aromatic rings. The first-order chi connectivity index (χ1) is 7.53. The van der Waals surface area contributed by atoms with Gasteiger partial charge in [0.15, 0.2) is 5.69 Å². The zero-order valence-electron chi connectivity index (χ0n) is 9.91. The van der Waals surface area contributed by atoms with E-state index in [0.29, 0.717) is 5.82 Å². The average molecular weight is 223 g/mol. The van der Waals surface area contributed by atoms with E-state index in [1.807, 2.05) is 11.5 Å². The summed E-state index contributed by atoms with van der Waals surface area (Å²) in [6.07, 6.45) is 2.93. The molecule has 5 heteroatoms. The Labute approximate surface area is 94.6 Å². The maximum Gasteiger partial charge on any atom is 0.360 e. The van der Waals surface area contributed by atoms with Crippen molar-refractivity contribution in [3.63, 3.8) is 0 Å². The summed E-state index contributed by atoms with van der Waals surface area (Å²) in [5, 5.41) is 0. The molecule has 1 saturated carbocycles. The fourth-order valence-corrected chi connectivity index (χ4v) is 1.97. The monoisotopic (exact) mass is 223 g/mol. The van der Waals surface area contributed by atoms with E-state index in [1.54, 1.807) is 0 Å². The predicted octanol–water partition coefficient (Wildman–Crippen LogP) is 1.32. The van der Waals surface area contributed by atoms with Gasteiger partial charge in [-0.3, -0.25) is 0 Å². The number of nitrogen functional groups attached to an aromatic ring is 1. The van der Waals surface area contributed by atoms with Crippen molar-refractivity contribution in [3.8, 4) is 0 Å². The number of ether oxygens (including phenoxy) is 1. The Morgan fingerprint density at radius 3 is 2.69 bits per heavy atom. The first-order valence-electron chi connectivity index (χ1n) is 5.49. The summed E-state index contributed by atoms with van der Waals surface area (Å²) in [6.45, 7) is 4.14. The van der Waals surface area contributed by atoms with Crippen LogP contribution in [-0.4, -0.2) is 22.6 Å². The van der Waals surface area contributed by atoms with Crippen molar-refractivity contribution in [2.75, 3.05) is 12.8 Å². The molecule has 0 aliphatic heterocycles. The topological polar surface area (TPSA) is 70.1 Å². The van der Waals surface area contributed by atoms with E-state index >= 15 is 0 Å². The van der Waals surface area contributed by atoms with Crippen molar-refractivity contribution in [2.45, 2.75) is 38.6 Å². The minimum absolute atomic E-state index is 0.0503. The molecule has 2 rings (SSSR count). The van der Waals surface area contributed by atoms with Crippen molar-refractivity contribution in [2.24, 2.45) is 0 Å². The molecule has 0 bridgehead atoms. The number of hydrogen-bond donors (Lipinski definition) is 1. The van der Waals surface area contributed by atoms with Gasteiger partial charge >= 0.3 is 5.97 Å². The molecule has 1 aliphatic carbocycles. The molecule has 0 atom stereocenters. The SMILES string of the molecule is CCc1nc(C(=O)OC)c(N)n1C1(C)CC1. The van der Waals surface area contributed by atoms with Crippen LogP contribution in [0.5, 0.6) is 0 Å². The van der Waals surface area contributed by atoms with E-state index < -0.39 is 5.97 Å². The van der Waals surface area contributed by atoms with Crippen molar-refractivity contribution < 1.29 is 9.53 Å². The highest BCUT2D eigenvalue weighted by Gasteiger charge is 2.43. The molecule has 88 valence electrons. The second kappa shape index (κ2) is 3.50. The number of aromatic nitrogens is 2. The van der Waals surface area contributed by atoms with Crippen LogP contribution in [0.2, 0.25) is 0 Å². The standard InChI is InChI=1S/C11H17N3O2/c1-4-7-13-8(10(15)16-3)9(12)14(7)11(2)5-6-11/h4-6,12H2,1-3H3. The van der Waals surface area contributed by atoms with Crippen LogP contribution in [0.1, 0.15) is 43.0 Å². The lowest BCUT2D eigenvalue weighted by Gasteiger charge is -2.15. The Morgan fingerprint density at radius 2 is 2.25 bits per heavy atom. The lowest BCUT2D eigenvalue weighted by Crippen LogP contribution is -2.18. The zero-order chi connectivity index (χ0) is 11.9. The van der Waals surface area contributed by atoms with Crippen LogP contribution in [0.4, 0.5) is 5.82 Å². The molecule has 0 radical (unpaired) electrons. The van der Waals surface area contributed by atoms with Gasteiger partial charge in [-0.2, -0.15) is 0 Å². The summed E-state index contributed by atoms with van der Waals surface area (Å²) in [5.74, 6) is 0.830. The van der Waals surface area contributed by atoms with Gasteiger partial charge in [-0.05, 0) is 19.8 Å². The van der Waals surface area contributed by atoms with E-state index in [4.69, 9.17) is 5.73 Å². The van der Waals surface area contributed by atoms with Gasteiger partial charge in [0.1, 0.15) is 11.6 Å². The second-order valence-corrected chi connectivity index (χ2v) is 4.44. The first-order valence-corrected chi connectivity index (χ1v) is 5.49. The number of imidazole rings is 1. The molecule has 0 spiro atoms. The number of methoxy groups -OCH3 is 1. The van der Waals surface area contributed by atoms with Gasteiger partial charge in [0.25, 0.3) is 0 Å². The smallest absolute Gasteiger partial charge is 0.360 e. The number of hydrogen-bond acceptors (Lipinski definition) is 4. The fraction of sp³-hybridized carbons (Fsp3) is 0.636. The van der Waals surface area contributed by atoms with Gasteiger partial charge in [0.2, 0.25) is 0 Å². The first kappa shape index (κ1) is 11.0. The Balaban J connectivity index is 2.51. The second-order valence-electron chi connectivity index (χ2n) is 4.44. The number of carbonyl (C=O) groups excluding carboxylic acids is 1. The van der Waals surface area contributed by atoms with Gasteiger partial charge in [0, 0.05) is 12.0 Å². The fourth-order valence-electron chi connectivity index (χ4n) is 1.97. The lowest BCUT2D eigenvalue weighted by molar-refractivity contribution is 0.0595. The number of aryl methyl sites for hydroxylation is 1. The molecule has 2 N–H and O–H groups in total. The third-order valence-corrected chi connectivity index (χ3v) is 3.19. The van der Waals surface area contributed by atoms with E-state index in [-0.39, 0.29) is 11.2 Å². The van der Waals surface area contributed by atoms with Crippen LogP contribution < -0.4 is 5.73 Å². The summed E-state index contributed by atoms with van der Waals surface area (Å²) in [4.78, 5) is 15.8. The average Bonchev–Trinajstić information content (AvgIpc) is 2.91. The van der Waals surface area contributed by atoms with Crippen LogP contribution >= 0.6 is 0 Å². The van der Waals surface area contributed by atoms with Gasteiger partial charge in [-0.15, -0.1) is 0 Å². The molecule has 5 nitrogen and oxygen atoms in total. The number of nitrogens with two attached hydrogens (primary N) is 1. The minimum Gasteiger partial charge on any atom is -0.464 e. The van der Waals surface area contributed by atoms with Crippen LogP contribution in [0.15, 0.2) is 0 Å². The molecule has 1 fully saturated rings. The molecular weight excluding hydrogens is 206 g/mol. The lowest BCUT2D eigenvalue weighted by atomic mass is 10.3. The van der Waals surface area contributed by atoms with E-state index in [9.17, 15) is 4.79 Å². The molecule has 1 aliphatic rings. The zero-order valence-corrected chi connectivity index (χ0v) is 9.91. The van der Waals surface area contributed by atoms with Crippen molar-refractivity contribution in [1.29, 1.82) is 0 Å². The van der Waals surface area contributed by atoms with E-state index in [1.165, 1.54) is 7.11 Å². The summed E-state index contributed by atoms with van der Waals surface area (Å²) in [5.41, 5.74) is 6.28. The summed E-state index contributed by atoms with van der Waals surface area (Å²) >= 11 is 0. The van der Waals surface area contributed by atoms with Crippen molar-refractivity contribution in [1.82, 2.24) is 9.55 Å². The normalized spacial score (nSPS) is 17.2. The maximum absolute atomic E-state index is 11.5. The third kappa shape index (κ3) is 1.47. The summed E-state index contributed by atoms with van der Waals surface area (Å²) < 4.78 is 6.65. The third-order valence-electron chi connectivity index (χ3n) is 3.19. The van der Waals surface area contributed by atoms with Crippen LogP contribution in [-0.2, 0) is 16.7 Å². The summed E-state index contributed by atoms with van der Waals surface area (Å²) in [7, 11) is 1.34. The number of carbonyl (C=O) groups is 1. The predicted molar refractivity (Wildman–Crippen MR) is 60.2 cm³/mol. The maximum atomic E-state index is 11.5. The Kier molecular flexibility index (Phi) is 2.40. The molecule has 0 unspecified atom stereocenters. The highest BCUT2D eigenvalue weighted by atomic mass is 16.5. The number of esters is 1. The van der Waals surface area contributed by atoms with Crippen LogP contribution in [0, 0.1) is 0 Å². The van der Waals surface area contributed by atoms with Gasteiger partial charge in [-0.1, -0.05) is 6.92 Å². The largest absolute Gasteiger partial charge is 0.464 e. The highest BCUT2D eigenvalue weighted by Crippen LogP contribution is 2.45.